The summed E-state index contributed by atoms with van der Waals surface area (Å²) in [5.74, 6) is 0.970. The van der Waals surface area contributed by atoms with E-state index < -0.39 is 0 Å². The van der Waals surface area contributed by atoms with Crippen LogP contribution in [0.3, 0.4) is 0 Å². The molecule has 0 bridgehead atoms. The smallest absolute Gasteiger partial charge is 0.278 e. The highest BCUT2D eigenvalue weighted by atomic mass is 32.1. The number of hydrogen-bond donors (Lipinski definition) is 0. The molecule has 1 amide bonds. The molecule has 0 N–H and O–H groups in total. The third-order valence-electron chi connectivity index (χ3n) is 5.82. The predicted molar refractivity (Wildman–Crippen MR) is 109 cm³/mol. The fourth-order valence-corrected chi connectivity index (χ4v) is 4.95. The lowest BCUT2D eigenvalue weighted by Gasteiger charge is -2.37. The zero-order valence-electron chi connectivity index (χ0n) is 16.0. The van der Waals surface area contributed by atoms with E-state index in [1.807, 2.05) is 28.5 Å². The quantitative estimate of drug-likeness (QED) is 0.721. The van der Waals surface area contributed by atoms with Crippen molar-refractivity contribution in [3.8, 4) is 10.9 Å². The topological polar surface area (TPSA) is 59.5 Å². The number of thiazole rings is 1. The number of hydrogen-bond acceptors (Lipinski definition) is 5. The maximum absolute atomic E-state index is 13.4. The van der Waals surface area contributed by atoms with Crippen LogP contribution in [0.25, 0.3) is 0 Å². The largest absolute Gasteiger partial charge is 0.431 e. The fraction of sp³-hybridized carbons (Fsp3) is 0.500. The Morgan fingerprint density at radius 1 is 1.14 bits per heavy atom. The molecule has 5 nitrogen and oxygen atoms in total. The first-order valence-electron chi connectivity index (χ1n) is 10.2. The van der Waals surface area contributed by atoms with Crippen LogP contribution >= 0.6 is 11.3 Å². The van der Waals surface area contributed by atoms with Gasteiger partial charge in [-0.2, -0.15) is 0 Å². The van der Waals surface area contributed by atoms with Crippen molar-refractivity contribution in [2.24, 2.45) is 5.92 Å². The molecule has 6 heteroatoms. The molecular weight excluding hydrogens is 372 g/mol. The zero-order valence-corrected chi connectivity index (χ0v) is 16.8. The summed E-state index contributed by atoms with van der Waals surface area (Å²) in [7, 11) is 0. The molecule has 1 saturated heterocycles. The Bertz CT molecular complexity index is 821. The lowest BCUT2D eigenvalue weighted by atomic mass is 9.80. The molecule has 1 aromatic heterocycles. The number of ketones is 1. The van der Waals surface area contributed by atoms with Gasteiger partial charge in [-0.3, -0.25) is 9.59 Å². The number of aromatic nitrogens is 1. The number of ether oxygens (including phenoxy) is 1. The van der Waals surface area contributed by atoms with Crippen LogP contribution in [0.4, 0.5) is 0 Å². The molecule has 1 saturated carbocycles. The Hall–Kier alpha value is -2.21. The highest BCUT2D eigenvalue weighted by Crippen LogP contribution is 2.33. The number of carbonyl (C=O) groups excluding carboxylic acids is 2. The van der Waals surface area contributed by atoms with Crippen LogP contribution in [0.1, 0.15) is 61.7 Å². The number of Topliss-reactive ketones (excluding diaryl/α,β-unsaturated/α-hetero) is 1. The van der Waals surface area contributed by atoms with E-state index in [1.54, 1.807) is 12.3 Å². The second-order valence-electron chi connectivity index (χ2n) is 7.66. The van der Waals surface area contributed by atoms with Crippen molar-refractivity contribution in [2.75, 3.05) is 6.54 Å². The molecule has 2 heterocycles. The van der Waals surface area contributed by atoms with Gasteiger partial charge in [-0.1, -0.05) is 36.7 Å². The molecular formula is C22H26N2O3S. The van der Waals surface area contributed by atoms with Crippen molar-refractivity contribution < 1.29 is 14.3 Å². The van der Waals surface area contributed by atoms with E-state index in [0.717, 1.165) is 51.5 Å². The molecule has 2 aromatic rings. The lowest BCUT2D eigenvalue weighted by molar-refractivity contribution is -0.126. The normalized spacial score (nSPS) is 23.3. The third kappa shape index (κ3) is 4.27. The Balaban J connectivity index is 1.56. The van der Waals surface area contributed by atoms with Crippen LogP contribution in [-0.2, 0) is 4.79 Å². The maximum Gasteiger partial charge on any atom is 0.278 e. The molecule has 2 atom stereocenters. The van der Waals surface area contributed by atoms with E-state index >= 15 is 0 Å². The highest BCUT2D eigenvalue weighted by Gasteiger charge is 2.37. The van der Waals surface area contributed by atoms with Gasteiger partial charge in [0.15, 0.2) is 0 Å². The summed E-state index contributed by atoms with van der Waals surface area (Å²) in [6.07, 6.45) is 9.49. The standard InChI is InChI=1S/C22H26N2O3S/c25-20-11-4-3-9-18(20)19-10-2-1-5-13-24(19)21(26)16-7-6-8-17(15-16)27-22-23-12-14-28-22/h6-8,12,14-15,18-19H,1-5,9-11,13H2/t18-,19-/m0/s1. The summed E-state index contributed by atoms with van der Waals surface area (Å²) in [5.41, 5.74) is 0.615. The second-order valence-corrected chi connectivity index (χ2v) is 8.52. The third-order valence-corrected chi connectivity index (χ3v) is 6.47. The minimum Gasteiger partial charge on any atom is -0.431 e. The Morgan fingerprint density at radius 3 is 2.86 bits per heavy atom. The molecule has 0 unspecified atom stereocenters. The van der Waals surface area contributed by atoms with Crippen LogP contribution < -0.4 is 4.74 Å². The average Bonchev–Trinajstić information content (AvgIpc) is 3.10. The van der Waals surface area contributed by atoms with Gasteiger partial charge in [-0.15, -0.1) is 0 Å². The molecule has 0 spiro atoms. The van der Waals surface area contributed by atoms with E-state index in [9.17, 15) is 9.59 Å². The number of rotatable bonds is 4. The van der Waals surface area contributed by atoms with E-state index in [4.69, 9.17) is 4.74 Å². The van der Waals surface area contributed by atoms with Crippen LogP contribution in [0.5, 0.6) is 10.9 Å². The van der Waals surface area contributed by atoms with Gasteiger partial charge >= 0.3 is 0 Å². The first-order chi connectivity index (χ1) is 13.7. The first-order valence-corrected chi connectivity index (χ1v) is 11.1. The zero-order chi connectivity index (χ0) is 19.3. The van der Waals surface area contributed by atoms with Gasteiger partial charge in [0.05, 0.1) is 0 Å². The molecule has 1 aliphatic heterocycles. The SMILES string of the molecule is O=C1CCCC[C@H]1[C@@H]1CCCCCN1C(=O)c1cccc(Oc2nccs2)c1. The average molecular weight is 399 g/mol. The van der Waals surface area contributed by atoms with Gasteiger partial charge in [-0.25, -0.2) is 4.98 Å². The van der Waals surface area contributed by atoms with E-state index in [1.165, 1.54) is 11.3 Å². The van der Waals surface area contributed by atoms with Crippen molar-refractivity contribution in [1.29, 1.82) is 0 Å². The molecule has 0 radical (unpaired) electrons. The van der Waals surface area contributed by atoms with Gasteiger partial charge in [0, 0.05) is 42.1 Å². The monoisotopic (exact) mass is 398 g/mol. The van der Waals surface area contributed by atoms with Crippen molar-refractivity contribution in [3.05, 3.63) is 41.4 Å². The number of nitrogens with zero attached hydrogens (tertiary/aromatic N) is 2. The van der Waals surface area contributed by atoms with Crippen molar-refractivity contribution in [2.45, 2.75) is 57.4 Å². The van der Waals surface area contributed by atoms with E-state index in [2.05, 4.69) is 4.98 Å². The summed E-state index contributed by atoms with van der Waals surface area (Å²) in [6, 6.07) is 7.33. The molecule has 148 valence electrons. The number of benzene rings is 1. The summed E-state index contributed by atoms with van der Waals surface area (Å²) in [4.78, 5) is 32.1. The minimum absolute atomic E-state index is 0.00514. The van der Waals surface area contributed by atoms with Gasteiger partial charge in [0.2, 0.25) is 0 Å². The second kappa shape index (κ2) is 8.86. The van der Waals surface area contributed by atoms with Crippen molar-refractivity contribution in [3.63, 3.8) is 0 Å². The number of carbonyl (C=O) groups is 2. The highest BCUT2D eigenvalue weighted by molar-refractivity contribution is 7.11. The van der Waals surface area contributed by atoms with Crippen LogP contribution in [0, 0.1) is 5.92 Å². The molecule has 2 fully saturated rings. The summed E-state index contributed by atoms with van der Waals surface area (Å²) in [6.45, 7) is 0.727. The van der Waals surface area contributed by atoms with Gasteiger partial charge in [0.25, 0.3) is 11.1 Å². The summed E-state index contributed by atoms with van der Waals surface area (Å²) in [5, 5.41) is 2.41. The van der Waals surface area contributed by atoms with Gasteiger partial charge in [0.1, 0.15) is 11.5 Å². The Morgan fingerprint density at radius 2 is 2.04 bits per heavy atom. The van der Waals surface area contributed by atoms with Crippen molar-refractivity contribution >= 4 is 23.0 Å². The molecule has 2 aliphatic rings. The first kappa shape index (κ1) is 19.1. The molecule has 4 rings (SSSR count). The maximum atomic E-state index is 13.4. The number of amides is 1. The summed E-state index contributed by atoms with van der Waals surface area (Å²) < 4.78 is 5.76. The van der Waals surface area contributed by atoms with Gasteiger partial charge in [-0.05, 0) is 43.9 Å². The van der Waals surface area contributed by atoms with E-state index in [-0.39, 0.29) is 17.9 Å². The van der Waals surface area contributed by atoms with Crippen LogP contribution in [0.15, 0.2) is 35.8 Å². The van der Waals surface area contributed by atoms with Crippen LogP contribution in [-0.4, -0.2) is 34.2 Å². The van der Waals surface area contributed by atoms with E-state index in [0.29, 0.717) is 28.7 Å². The molecule has 1 aromatic carbocycles. The Kier molecular flexibility index (Phi) is 6.05. The minimum atomic E-state index is 0.00514. The van der Waals surface area contributed by atoms with Crippen molar-refractivity contribution in [1.82, 2.24) is 9.88 Å². The number of likely N-dealkylation sites (tertiary alicyclic amines) is 1. The molecule has 28 heavy (non-hydrogen) atoms. The predicted octanol–water partition coefficient (Wildman–Crippen LogP) is 5.08. The fourth-order valence-electron chi connectivity index (χ4n) is 4.44. The Labute approximate surface area is 169 Å². The van der Waals surface area contributed by atoms with Crippen LogP contribution in [0.2, 0.25) is 0 Å². The lowest BCUT2D eigenvalue weighted by Crippen LogP contribution is -2.47. The summed E-state index contributed by atoms with van der Waals surface area (Å²) >= 11 is 1.42. The van der Waals surface area contributed by atoms with Gasteiger partial charge < -0.3 is 9.64 Å². The molecule has 1 aliphatic carbocycles.